The second-order valence-electron chi connectivity index (χ2n) is 8.29. The molecule has 1 heterocycles. The Bertz CT molecular complexity index is 1170. The van der Waals surface area contributed by atoms with Gasteiger partial charge in [0.2, 0.25) is 11.8 Å². The number of rotatable bonds is 9. The van der Waals surface area contributed by atoms with Crippen molar-refractivity contribution in [3.63, 3.8) is 0 Å². The molecule has 0 fully saturated rings. The number of nitrogens with one attached hydrogen (secondary N) is 1. The van der Waals surface area contributed by atoms with Crippen molar-refractivity contribution in [3.05, 3.63) is 77.9 Å². The van der Waals surface area contributed by atoms with Crippen molar-refractivity contribution in [3.8, 4) is 0 Å². The maximum Gasteiger partial charge on any atom is 0.259 e. The summed E-state index contributed by atoms with van der Waals surface area (Å²) in [7, 11) is 0. The van der Waals surface area contributed by atoms with E-state index in [-0.39, 0.29) is 24.3 Å². The molecule has 0 bridgehead atoms. The molecule has 1 aliphatic heterocycles. The van der Waals surface area contributed by atoms with E-state index >= 15 is 0 Å². The molecule has 6 nitrogen and oxygen atoms in total. The first kappa shape index (κ1) is 22.5. The van der Waals surface area contributed by atoms with E-state index in [2.05, 4.69) is 5.32 Å². The Hall–Kier alpha value is -3.67. The molecule has 3 aromatic carbocycles. The highest BCUT2D eigenvalue weighted by Crippen LogP contribution is 2.37. The van der Waals surface area contributed by atoms with Gasteiger partial charge in [0.25, 0.3) is 5.91 Å². The maximum atomic E-state index is 13.7. The van der Waals surface area contributed by atoms with Crippen molar-refractivity contribution < 1.29 is 14.4 Å². The molecule has 4 rings (SSSR count). The Morgan fingerprint density at radius 2 is 1.70 bits per heavy atom. The number of benzene rings is 3. The monoisotopic (exact) mass is 443 g/mol. The number of hydrogen-bond donors (Lipinski definition) is 1. The third kappa shape index (κ3) is 4.46. The van der Waals surface area contributed by atoms with Crippen molar-refractivity contribution in [1.82, 2.24) is 10.2 Å². The van der Waals surface area contributed by atoms with Crippen molar-refractivity contribution >= 4 is 34.2 Å². The predicted octanol–water partition coefficient (Wildman–Crippen LogP) is 4.13. The van der Waals surface area contributed by atoms with Crippen LogP contribution in [0.15, 0.2) is 66.7 Å². The van der Waals surface area contributed by atoms with E-state index in [0.29, 0.717) is 25.1 Å². The third-order valence-corrected chi connectivity index (χ3v) is 6.07. The summed E-state index contributed by atoms with van der Waals surface area (Å²) in [5, 5.41) is 4.77. The lowest BCUT2D eigenvalue weighted by molar-refractivity contribution is -0.140. The van der Waals surface area contributed by atoms with Gasteiger partial charge in [-0.05, 0) is 35.9 Å². The number of amides is 3. The van der Waals surface area contributed by atoms with E-state index in [4.69, 9.17) is 0 Å². The molecule has 170 valence electrons. The van der Waals surface area contributed by atoms with Crippen LogP contribution in [0.5, 0.6) is 0 Å². The number of nitrogens with zero attached hydrogens (tertiary/aromatic N) is 2. The van der Waals surface area contributed by atoms with Gasteiger partial charge in [0, 0.05) is 24.0 Å². The van der Waals surface area contributed by atoms with Crippen LogP contribution in [0.1, 0.15) is 42.6 Å². The summed E-state index contributed by atoms with van der Waals surface area (Å²) in [6.45, 7) is 4.64. The highest BCUT2D eigenvalue weighted by molar-refractivity contribution is 6.26. The molecule has 0 radical (unpaired) electrons. The number of carbonyl (C=O) groups excluding carboxylic acids is 3. The van der Waals surface area contributed by atoms with Crippen LogP contribution in [0.3, 0.4) is 0 Å². The molecular formula is C27H29N3O3. The van der Waals surface area contributed by atoms with Crippen LogP contribution in [0.2, 0.25) is 0 Å². The lowest BCUT2D eigenvalue weighted by Crippen LogP contribution is -2.52. The standard InChI is InChI=1S/C27H29N3O3/c1-3-16-28-26(32)22(4-2)29(17-19-10-6-5-7-11-19)24(31)18-30-23-15-9-13-20-12-8-14-21(25(20)23)27(30)33/h5-15,22H,3-4,16-18H2,1-2H3,(H,28,32). The zero-order chi connectivity index (χ0) is 23.4. The minimum Gasteiger partial charge on any atom is -0.354 e. The van der Waals surface area contributed by atoms with Gasteiger partial charge in [-0.25, -0.2) is 0 Å². The summed E-state index contributed by atoms with van der Waals surface area (Å²) >= 11 is 0. The lowest BCUT2D eigenvalue weighted by Gasteiger charge is -2.32. The van der Waals surface area contributed by atoms with Crippen LogP contribution in [0, 0.1) is 0 Å². The molecule has 3 amide bonds. The van der Waals surface area contributed by atoms with E-state index in [1.807, 2.05) is 74.5 Å². The van der Waals surface area contributed by atoms with Gasteiger partial charge in [0.15, 0.2) is 0 Å². The second kappa shape index (κ2) is 9.86. The van der Waals surface area contributed by atoms with E-state index in [9.17, 15) is 14.4 Å². The first-order valence-corrected chi connectivity index (χ1v) is 11.5. The Labute approximate surface area is 194 Å². The van der Waals surface area contributed by atoms with Gasteiger partial charge >= 0.3 is 0 Å². The van der Waals surface area contributed by atoms with E-state index in [0.717, 1.165) is 28.4 Å². The van der Waals surface area contributed by atoms with Gasteiger partial charge in [-0.3, -0.25) is 19.3 Å². The van der Waals surface area contributed by atoms with E-state index < -0.39 is 6.04 Å². The van der Waals surface area contributed by atoms with Crippen molar-refractivity contribution in [2.24, 2.45) is 0 Å². The molecule has 1 atom stereocenters. The van der Waals surface area contributed by atoms with Crippen LogP contribution in [-0.4, -0.2) is 41.8 Å². The fraction of sp³-hybridized carbons (Fsp3) is 0.296. The number of hydrogen-bond acceptors (Lipinski definition) is 3. The molecule has 33 heavy (non-hydrogen) atoms. The van der Waals surface area contributed by atoms with Gasteiger partial charge in [-0.2, -0.15) is 0 Å². The molecule has 3 aromatic rings. The molecule has 0 spiro atoms. The fourth-order valence-electron chi connectivity index (χ4n) is 4.43. The van der Waals surface area contributed by atoms with Gasteiger partial charge in [-0.15, -0.1) is 0 Å². The Morgan fingerprint density at radius 1 is 0.970 bits per heavy atom. The summed E-state index contributed by atoms with van der Waals surface area (Å²) < 4.78 is 0. The first-order valence-electron chi connectivity index (χ1n) is 11.5. The molecule has 0 saturated carbocycles. The molecule has 0 saturated heterocycles. The normalized spacial score (nSPS) is 13.3. The molecular weight excluding hydrogens is 414 g/mol. The minimum absolute atomic E-state index is 0.114. The smallest absolute Gasteiger partial charge is 0.259 e. The molecule has 1 unspecified atom stereocenters. The summed E-state index contributed by atoms with van der Waals surface area (Å²) in [5.41, 5.74) is 2.29. The fourth-order valence-corrected chi connectivity index (χ4v) is 4.43. The minimum atomic E-state index is -0.611. The average Bonchev–Trinajstić information content (AvgIpc) is 3.11. The third-order valence-electron chi connectivity index (χ3n) is 6.07. The molecule has 1 aliphatic rings. The van der Waals surface area contributed by atoms with Crippen molar-refractivity contribution in [1.29, 1.82) is 0 Å². The average molecular weight is 444 g/mol. The van der Waals surface area contributed by atoms with Crippen molar-refractivity contribution in [2.75, 3.05) is 18.0 Å². The highest BCUT2D eigenvalue weighted by atomic mass is 16.2. The zero-order valence-corrected chi connectivity index (χ0v) is 19.1. The van der Waals surface area contributed by atoms with Crippen LogP contribution >= 0.6 is 0 Å². The lowest BCUT2D eigenvalue weighted by atomic mass is 10.1. The summed E-state index contributed by atoms with van der Waals surface area (Å²) in [6, 6.07) is 20.4. The highest BCUT2D eigenvalue weighted by Gasteiger charge is 2.34. The topological polar surface area (TPSA) is 69.7 Å². The first-order chi connectivity index (χ1) is 16.0. The van der Waals surface area contributed by atoms with Crippen LogP contribution in [0.4, 0.5) is 5.69 Å². The Kier molecular flexibility index (Phi) is 6.73. The number of carbonyl (C=O) groups is 3. The molecule has 0 aromatic heterocycles. The van der Waals surface area contributed by atoms with Crippen LogP contribution in [-0.2, 0) is 16.1 Å². The van der Waals surface area contributed by atoms with Gasteiger partial charge < -0.3 is 10.2 Å². The zero-order valence-electron chi connectivity index (χ0n) is 19.1. The van der Waals surface area contributed by atoms with E-state index in [1.165, 1.54) is 4.90 Å². The predicted molar refractivity (Wildman–Crippen MR) is 130 cm³/mol. The largest absolute Gasteiger partial charge is 0.354 e. The second-order valence-corrected chi connectivity index (χ2v) is 8.29. The summed E-state index contributed by atoms with van der Waals surface area (Å²) in [5.74, 6) is -0.601. The maximum absolute atomic E-state index is 13.7. The Balaban J connectivity index is 1.63. The van der Waals surface area contributed by atoms with Crippen molar-refractivity contribution in [2.45, 2.75) is 39.3 Å². The Morgan fingerprint density at radius 3 is 2.39 bits per heavy atom. The number of anilines is 1. The summed E-state index contributed by atoms with van der Waals surface area (Å²) in [6.07, 6.45) is 1.30. The SMILES string of the molecule is CCCNC(=O)C(CC)N(Cc1ccccc1)C(=O)CN1C(=O)c2cccc3cccc1c23. The molecule has 1 N–H and O–H groups in total. The van der Waals surface area contributed by atoms with Gasteiger partial charge in [0.1, 0.15) is 12.6 Å². The van der Waals surface area contributed by atoms with Gasteiger partial charge in [0.05, 0.1) is 5.69 Å². The summed E-state index contributed by atoms with van der Waals surface area (Å²) in [4.78, 5) is 42.9. The van der Waals surface area contributed by atoms with E-state index in [1.54, 1.807) is 11.0 Å². The van der Waals surface area contributed by atoms with Crippen LogP contribution < -0.4 is 10.2 Å². The quantitative estimate of drug-likeness (QED) is 0.541. The molecule has 0 aliphatic carbocycles. The van der Waals surface area contributed by atoms with Gasteiger partial charge in [-0.1, -0.05) is 68.4 Å². The molecule has 6 heteroatoms. The van der Waals surface area contributed by atoms with Crippen LogP contribution in [0.25, 0.3) is 10.8 Å².